The summed E-state index contributed by atoms with van der Waals surface area (Å²) in [5, 5.41) is 16.9. The van der Waals surface area contributed by atoms with Crippen molar-refractivity contribution in [3.05, 3.63) is 11.9 Å². The van der Waals surface area contributed by atoms with Crippen LogP contribution in [0.5, 0.6) is 0 Å². The third-order valence-electron chi connectivity index (χ3n) is 2.96. The van der Waals surface area contributed by atoms with Crippen molar-refractivity contribution in [1.29, 1.82) is 0 Å². The standard InChI is InChI=1S/C10H17N3O2/c1-7(2)10(3,9(14)15)5-8-6-13(4)12-11-8/h6-7H,5H2,1-4H3,(H,14,15). The Morgan fingerprint density at radius 2 is 2.27 bits per heavy atom. The van der Waals surface area contributed by atoms with Crippen LogP contribution in [0.25, 0.3) is 0 Å². The fraction of sp³-hybridized carbons (Fsp3) is 0.700. The van der Waals surface area contributed by atoms with Crippen LogP contribution in [0.15, 0.2) is 6.20 Å². The van der Waals surface area contributed by atoms with Crippen LogP contribution in [-0.2, 0) is 18.3 Å². The molecule has 1 atom stereocenters. The lowest BCUT2D eigenvalue weighted by molar-refractivity contribution is -0.150. The quantitative estimate of drug-likeness (QED) is 0.809. The minimum atomic E-state index is -0.789. The van der Waals surface area contributed by atoms with Gasteiger partial charge in [0.05, 0.1) is 11.1 Å². The first-order valence-electron chi connectivity index (χ1n) is 4.95. The number of nitrogens with zero attached hydrogens (tertiary/aromatic N) is 3. The van der Waals surface area contributed by atoms with Gasteiger partial charge in [-0.05, 0) is 12.8 Å². The second kappa shape index (κ2) is 4.00. The Balaban J connectivity index is 2.89. The van der Waals surface area contributed by atoms with Crippen LogP contribution < -0.4 is 0 Å². The molecule has 0 bridgehead atoms. The number of carboxylic acids is 1. The summed E-state index contributed by atoms with van der Waals surface area (Å²) in [4.78, 5) is 11.2. The second-order valence-corrected chi connectivity index (χ2v) is 4.44. The van der Waals surface area contributed by atoms with Gasteiger partial charge in [0.25, 0.3) is 0 Å². The molecule has 1 aromatic heterocycles. The van der Waals surface area contributed by atoms with E-state index in [0.717, 1.165) is 5.69 Å². The Kier molecular flexibility index (Phi) is 3.12. The molecule has 0 aliphatic heterocycles. The molecule has 5 nitrogen and oxygen atoms in total. The molecule has 0 fully saturated rings. The van der Waals surface area contributed by atoms with Crippen LogP contribution in [0.2, 0.25) is 0 Å². The van der Waals surface area contributed by atoms with Crippen molar-refractivity contribution in [3.8, 4) is 0 Å². The van der Waals surface area contributed by atoms with Gasteiger partial charge in [0.2, 0.25) is 0 Å². The van der Waals surface area contributed by atoms with Crippen molar-refractivity contribution in [2.24, 2.45) is 18.4 Å². The van der Waals surface area contributed by atoms with Gasteiger partial charge in [0.1, 0.15) is 0 Å². The van der Waals surface area contributed by atoms with E-state index in [2.05, 4.69) is 10.3 Å². The summed E-state index contributed by atoms with van der Waals surface area (Å²) in [6.45, 7) is 5.56. The fourth-order valence-electron chi connectivity index (χ4n) is 1.38. The first kappa shape index (κ1) is 11.7. The monoisotopic (exact) mass is 211 g/mol. The zero-order valence-electron chi connectivity index (χ0n) is 9.56. The lowest BCUT2D eigenvalue weighted by atomic mass is 9.75. The van der Waals surface area contributed by atoms with E-state index < -0.39 is 11.4 Å². The van der Waals surface area contributed by atoms with E-state index >= 15 is 0 Å². The van der Waals surface area contributed by atoms with Gasteiger partial charge in [-0.1, -0.05) is 19.1 Å². The molecular formula is C10H17N3O2. The highest BCUT2D eigenvalue weighted by atomic mass is 16.4. The molecule has 0 saturated heterocycles. The molecule has 1 N–H and O–H groups in total. The van der Waals surface area contributed by atoms with E-state index in [0.29, 0.717) is 6.42 Å². The zero-order chi connectivity index (χ0) is 11.6. The third kappa shape index (κ3) is 2.34. The first-order valence-corrected chi connectivity index (χ1v) is 4.95. The number of aromatic nitrogens is 3. The molecular weight excluding hydrogens is 194 g/mol. The summed E-state index contributed by atoms with van der Waals surface area (Å²) in [5.74, 6) is -0.736. The summed E-state index contributed by atoms with van der Waals surface area (Å²) >= 11 is 0. The van der Waals surface area contributed by atoms with Gasteiger partial charge >= 0.3 is 5.97 Å². The molecule has 0 aromatic carbocycles. The van der Waals surface area contributed by atoms with Gasteiger partial charge in [0, 0.05) is 19.7 Å². The summed E-state index contributed by atoms with van der Waals surface area (Å²) in [6, 6.07) is 0. The summed E-state index contributed by atoms with van der Waals surface area (Å²) < 4.78 is 1.58. The molecule has 84 valence electrons. The highest BCUT2D eigenvalue weighted by Gasteiger charge is 2.37. The van der Waals surface area contributed by atoms with Gasteiger partial charge < -0.3 is 5.11 Å². The number of aryl methyl sites for hydroxylation is 1. The summed E-state index contributed by atoms with van der Waals surface area (Å²) in [7, 11) is 1.77. The van der Waals surface area contributed by atoms with Crippen molar-refractivity contribution in [2.45, 2.75) is 27.2 Å². The third-order valence-corrected chi connectivity index (χ3v) is 2.96. The Bertz CT molecular complexity index is 359. The average molecular weight is 211 g/mol. The molecule has 0 spiro atoms. The summed E-state index contributed by atoms with van der Waals surface area (Å²) in [5.41, 5.74) is -0.0631. The van der Waals surface area contributed by atoms with E-state index in [4.69, 9.17) is 0 Å². The Morgan fingerprint density at radius 3 is 2.60 bits per heavy atom. The normalized spacial score (nSPS) is 15.3. The van der Waals surface area contributed by atoms with E-state index in [1.165, 1.54) is 0 Å². The molecule has 1 aromatic rings. The van der Waals surface area contributed by atoms with Crippen LogP contribution in [0.4, 0.5) is 0 Å². The summed E-state index contributed by atoms with van der Waals surface area (Å²) in [6.07, 6.45) is 2.16. The number of hydrogen-bond acceptors (Lipinski definition) is 3. The minimum Gasteiger partial charge on any atom is -0.481 e. The average Bonchev–Trinajstić information content (AvgIpc) is 2.50. The number of hydrogen-bond donors (Lipinski definition) is 1. The van der Waals surface area contributed by atoms with Crippen molar-refractivity contribution in [3.63, 3.8) is 0 Å². The highest BCUT2D eigenvalue weighted by molar-refractivity contribution is 5.74. The van der Waals surface area contributed by atoms with E-state index in [1.54, 1.807) is 24.9 Å². The number of aliphatic carboxylic acids is 1. The van der Waals surface area contributed by atoms with Crippen molar-refractivity contribution >= 4 is 5.97 Å². The predicted octanol–water partition coefficient (Wildman–Crippen LogP) is 1.10. The Hall–Kier alpha value is -1.39. The molecule has 1 rings (SSSR count). The molecule has 0 radical (unpaired) electrons. The fourth-order valence-corrected chi connectivity index (χ4v) is 1.38. The zero-order valence-corrected chi connectivity index (χ0v) is 9.56. The van der Waals surface area contributed by atoms with Gasteiger partial charge in [0.15, 0.2) is 0 Å². The maximum Gasteiger partial charge on any atom is 0.310 e. The van der Waals surface area contributed by atoms with Crippen LogP contribution in [-0.4, -0.2) is 26.1 Å². The number of carboxylic acid groups (broad SMARTS) is 1. The Labute approximate surface area is 89.1 Å². The largest absolute Gasteiger partial charge is 0.481 e. The molecule has 0 saturated carbocycles. The lowest BCUT2D eigenvalue weighted by Gasteiger charge is -2.27. The van der Waals surface area contributed by atoms with Crippen LogP contribution in [0.1, 0.15) is 26.5 Å². The van der Waals surface area contributed by atoms with E-state index in [9.17, 15) is 9.90 Å². The second-order valence-electron chi connectivity index (χ2n) is 4.44. The van der Waals surface area contributed by atoms with Crippen LogP contribution in [0.3, 0.4) is 0 Å². The highest BCUT2D eigenvalue weighted by Crippen LogP contribution is 2.30. The molecule has 5 heteroatoms. The van der Waals surface area contributed by atoms with Crippen molar-refractivity contribution in [2.75, 3.05) is 0 Å². The molecule has 1 heterocycles. The molecule has 15 heavy (non-hydrogen) atoms. The minimum absolute atomic E-state index is 0.0528. The van der Waals surface area contributed by atoms with Crippen molar-refractivity contribution < 1.29 is 9.90 Å². The van der Waals surface area contributed by atoms with Gasteiger partial charge in [-0.3, -0.25) is 9.48 Å². The molecule has 0 amide bonds. The van der Waals surface area contributed by atoms with Crippen LogP contribution in [0, 0.1) is 11.3 Å². The maximum absolute atomic E-state index is 11.2. The van der Waals surface area contributed by atoms with Crippen molar-refractivity contribution in [1.82, 2.24) is 15.0 Å². The van der Waals surface area contributed by atoms with E-state index in [-0.39, 0.29) is 5.92 Å². The van der Waals surface area contributed by atoms with Gasteiger partial charge in [-0.15, -0.1) is 5.10 Å². The predicted molar refractivity (Wildman–Crippen MR) is 55.3 cm³/mol. The first-order chi connectivity index (χ1) is 6.86. The molecule has 0 aliphatic rings. The Morgan fingerprint density at radius 1 is 1.67 bits per heavy atom. The molecule has 0 aliphatic carbocycles. The number of carbonyl (C=O) groups is 1. The van der Waals surface area contributed by atoms with Gasteiger partial charge in [-0.25, -0.2) is 0 Å². The van der Waals surface area contributed by atoms with Crippen LogP contribution >= 0.6 is 0 Å². The van der Waals surface area contributed by atoms with E-state index in [1.807, 2.05) is 13.8 Å². The smallest absolute Gasteiger partial charge is 0.310 e. The maximum atomic E-state index is 11.2. The topological polar surface area (TPSA) is 68.0 Å². The van der Waals surface area contributed by atoms with Gasteiger partial charge in [-0.2, -0.15) is 0 Å². The number of rotatable bonds is 4. The SMILES string of the molecule is CC(C)C(C)(Cc1cn(C)nn1)C(=O)O. The lowest BCUT2D eigenvalue weighted by Crippen LogP contribution is -2.35. The molecule has 1 unspecified atom stereocenters.